The van der Waals surface area contributed by atoms with Gasteiger partial charge in [0, 0.05) is 44.1 Å². The first-order valence-electron chi connectivity index (χ1n) is 10.4. The van der Waals surface area contributed by atoms with Crippen molar-refractivity contribution in [2.24, 2.45) is 0 Å². The number of pyridine rings is 1. The van der Waals surface area contributed by atoms with Crippen molar-refractivity contribution in [1.29, 1.82) is 0 Å². The molecule has 0 fully saturated rings. The maximum absolute atomic E-state index is 13.9. The molecular weight excluding hydrogens is 407 g/mol. The van der Waals surface area contributed by atoms with Crippen molar-refractivity contribution < 1.29 is 14.0 Å². The van der Waals surface area contributed by atoms with Crippen LogP contribution in [0.3, 0.4) is 0 Å². The van der Waals surface area contributed by atoms with Gasteiger partial charge in [0.05, 0.1) is 0 Å². The molecule has 2 aromatic carbocycles. The van der Waals surface area contributed by atoms with Gasteiger partial charge in [-0.15, -0.1) is 0 Å². The first kappa shape index (κ1) is 23.1. The summed E-state index contributed by atoms with van der Waals surface area (Å²) in [5.41, 5.74) is 2.73. The predicted octanol–water partition coefficient (Wildman–Crippen LogP) is 3.90. The van der Waals surface area contributed by atoms with E-state index in [4.69, 9.17) is 0 Å². The molecule has 6 nitrogen and oxygen atoms in total. The number of nitrogens with zero attached hydrogens (tertiary/aromatic N) is 2. The Morgan fingerprint density at radius 3 is 2.50 bits per heavy atom. The molecule has 1 atom stereocenters. The van der Waals surface area contributed by atoms with E-state index in [0.29, 0.717) is 29.8 Å². The van der Waals surface area contributed by atoms with E-state index in [-0.39, 0.29) is 29.4 Å². The highest BCUT2D eigenvalue weighted by molar-refractivity contribution is 6.04. The highest BCUT2D eigenvalue weighted by Crippen LogP contribution is 2.18. The summed E-state index contributed by atoms with van der Waals surface area (Å²) < 4.78 is 13.9. The highest BCUT2D eigenvalue weighted by Gasteiger charge is 2.14. The summed E-state index contributed by atoms with van der Waals surface area (Å²) in [6.07, 6.45) is 2.08. The molecule has 0 bridgehead atoms. The second-order valence-electron chi connectivity index (χ2n) is 7.86. The van der Waals surface area contributed by atoms with E-state index < -0.39 is 0 Å². The molecule has 0 saturated carbocycles. The lowest BCUT2D eigenvalue weighted by Gasteiger charge is -2.17. The number of hydrogen-bond donors (Lipinski definition) is 2. The number of carbonyl (C=O) groups excluding carboxylic acids is 2. The summed E-state index contributed by atoms with van der Waals surface area (Å²) in [6.45, 7) is 2.43. The molecular formula is C25H27FN4O2. The molecule has 7 heteroatoms. The van der Waals surface area contributed by atoms with Crippen LogP contribution in [0.25, 0.3) is 0 Å². The van der Waals surface area contributed by atoms with Crippen molar-refractivity contribution in [3.63, 3.8) is 0 Å². The number of rotatable bonds is 8. The fourth-order valence-electron chi connectivity index (χ4n) is 3.30. The Kier molecular flexibility index (Phi) is 7.68. The van der Waals surface area contributed by atoms with Crippen LogP contribution in [0.2, 0.25) is 0 Å². The molecule has 1 unspecified atom stereocenters. The third kappa shape index (κ3) is 6.21. The summed E-state index contributed by atoms with van der Waals surface area (Å²) in [6, 6.07) is 17.1. The average Bonchev–Trinajstić information content (AvgIpc) is 2.79. The zero-order chi connectivity index (χ0) is 23.1. The van der Waals surface area contributed by atoms with Crippen LogP contribution < -0.4 is 10.6 Å². The van der Waals surface area contributed by atoms with Crippen molar-refractivity contribution in [2.45, 2.75) is 25.9 Å². The third-order valence-corrected chi connectivity index (χ3v) is 4.94. The molecule has 1 heterocycles. The zero-order valence-electron chi connectivity index (χ0n) is 18.4. The van der Waals surface area contributed by atoms with Gasteiger partial charge in [0.15, 0.2) is 0 Å². The van der Waals surface area contributed by atoms with Crippen molar-refractivity contribution >= 4 is 17.5 Å². The van der Waals surface area contributed by atoms with Crippen LogP contribution in [0.1, 0.15) is 38.9 Å². The molecule has 2 N–H and O–H groups in total. The van der Waals surface area contributed by atoms with Gasteiger partial charge in [0.1, 0.15) is 11.5 Å². The molecule has 0 saturated heterocycles. The number of hydrogen-bond acceptors (Lipinski definition) is 4. The van der Waals surface area contributed by atoms with Gasteiger partial charge >= 0.3 is 0 Å². The number of anilines is 1. The van der Waals surface area contributed by atoms with E-state index in [1.165, 1.54) is 11.0 Å². The number of carbonyl (C=O) groups is 2. The fraction of sp³-hybridized carbons (Fsp3) is 0.240. The van der Waals surface area contributed by atoms with E-state index in [9.17, 15) is 14.0 Å². The van der Waals surface area contributed by atoms with Crippen molar-refractivity contribution in [2.75, 3.05) is 19.4 Å². The Bertz CT molecular complexity index is 1090. The van der Waals surface area contributed by atoms with Gasteiger partial charge in [-0.25, -0.2) is 4.39 Å². The molecule has 32 heavy (non-hydrogen) atoms. The summed E-state index contributed by atoms with van der Waals surface area (Å²) >= 11 is 0. The number of amides is 2. The van der Waals surface area contributed by atoms with Crippen LogP contribution in [0.4, 0.5) is 10.1 Å². The highest BCUT2D eigenvalue weighted by atomic mass is 19.1. The average molecular weight is 435 g/mol. The lowest BCUT2D eigenvalue weighted by molar-refractivity contribution is 0.0827. The number of aromatic nitrogens is 1. The van der Waals surface area contributed by atoms with Gasteiger partial charge in [-0.3, -0.25) is 14.6 Å². The molecule has 0 aliphatic rings. The standard InChI is InChI=1S/C25H27FN4O2/c1-17(12-19-8-4-5-9-22(19)26)28-16-18-13-20(25(32)30(2)3)15-21(14-18)29-24(31)23-10-6-7-11-27-23/h4-11,13-15,17,28H,12,16H2,1-3H3,(H,29,31). The fourth-order valence-corrected chi connectivity index (χ4v) is 3.30. The number of halogens is 1. The molecule has 3 rings (SSSR count). The monoisotopic (exact) mass is 434 g/mol. The maximum atomic E-state index is 13.9. The molecule has 0 spiro atoms. The quantitative estimate of drug-likeness (QED) is 0.564. The van der Waals surface area contributed by atoms with Crippen molar-refractivity contribution in [3.05, 3.63) is 95.1 Å². The summed E-state index contributed by atoms with van der Waals surface area (Å²) in [7, 11) is 3.35. The minimum absolute atomic E-state index is 0.00617. The van der Waals surface area contributed by atoms with Crippen LogP contribution in [0.5, 0.6) is 0 Å². The maximum Gasteiger partial charge on any atom is 0.274 e. The SMILES string of the molecule is CC(Cc1ccccc1F)NCc1cc(NC(=O)c2ccccn2)cc(C(=O)N(C)C)c1. The normalized spacial score (nSPS) is 11.6. The molecule has 0 aliphatic carbocycles. The zero-order valence-corrected chi connectivity index (χ0v) is 18.4. The molecule has 3 aromatic rings. The first-order chi connectivity index (χ1) is 15.3. The van der Waals surface area contributed by atoms with Crippen LogP contribution in [0.15, 0.2) is 66.9 Å². The Morgan fingerprint density at radius 2 is 1.81 bits per heavy atom. The van der Waals surface area contributed by atoms with Gasteiger partial charge in [-0.05, 0) is 60.9 Å². The van der Waals surface area contributed by atoms with Gasteiger partial charge < -0.3 is 15.5 Å². The molecule has 0 radical (unpaired) electrons. The van der Waals surface area contributed by atoms with Crippen LogP contribution in [-0.2, 0) is 13.0 Å². The summed E-state index contributed by atoms with van der Waals surface area (Å²) in [5.74, 6) is -0.745. The lowest BCUT2D eigenvalue weighted by Crippen LogP contribution is -2.28. The molecule has 1 aromatic heterocycles. The van der Waals surface area contributed by atoms with E-state index in [1.807, 2.05) is 19.1 Å². The van der Waals surface area contributed by atoms with Crippen molar-refractivity contribution in [1.82, 2.24) is 15.2 Å². The molecule has 0 aliphatic heterocycles. The van der Waals surface area contributed by atoms with Gasteiger partial charge in [-0.2, -0.15) is 0 Å². The van der Waals surface area contributed by atoms with Gasteiger partial charge in [-0.1, -0.05) is 24.3 Å². The third-order valence-electron chi connectivity index (χ3n) is 4.94. The molecule has 2 amide bonds. The number of nitrogens with one attached hydrogen (secondary N) is 2. The second-order valence-corrected chi connectivity index (χ2v) is 7.86. The smallest absolute Gasteiger partial charge is 0.274 e. The van der Waals surface area contributed by atoms with E-state index in [0.717, 1.165) is 5.56 Å². The Morgan fingerprint density at radius 1 is 1.06 bits per heavy atom. The topological polar surface area (TPSA) is 74.3 Å². The first-order valence-corrected chi connectivity index (χ1v) is 10.4. The van der Waals surface area contributed by atoms with Gasteiger partial charge in [0.25, 0.3) is 11.8 Å². The van der Waals surface area contributed by atoms with E-state index >= 15 is 0 Å². The van der Waals surface area contributed by atoms with E-state index in [1.54, 1.807) is 62.8 Å². The number of benzene rings is 2. The van der Waals surface area contributed by atoms with Crippen LogP contribution in [0, 0.1) is 5.82 Å². The van der Waals surface area contributed by atoms with Crippen LogP contribution >= 0.6 is 0 Å². The van der Waals surface area contributed by atoms with E-state index in [2.05, 4.69) is 15.6 Å². The largest absolute Gasteiger partial charge is 0.345 e. The Balaban J connectivity index is 1.76. The Hall–Kier alpha value is -3.58. The Labute approximate surface area is 187 Å². The minimum Gasteiger partial charge on any atom is -0.345 e. The summed E-state index contributed by atoms with van der Waals surface area (Å²) in [4.78, 5) is 30.6. The lowest BCUT2D eigenvalue weighted by atomic mass is 10.0. The van der Waals surface area contributed by atoms with Gasteiger partial charge in [0.2, 0.25) is 0 Å². The minimum atomic E-state index is -0.355. The van der Waals surface area contributed by atoms with Crippen LogP contribution in [-0.4, -0.2) is 41.8 Å². The summed E-state index contributed by atoms with van der Waals surface area (Å²) in [5, 5.41) is 6.18. The predicted molar refractivity (Wildman–Crippen MR) is 123 cm³/mol. The molecule has 166 valence electrons. The second kappa shape index (κ2) is 10.6. The van der Waals surface area contributed by atoms with Crippen molar-refractivity contribution in [3.8, 4) is 0 Å².